The van der Waals surface area contributed by atoms with Crippen LogP contribution in [0.3, 0.4) is 0 Å². The molecule has 0 aliphatic rings. The van der Waals surface area contributed by atoms with Gasteiger partial charge in [-0.3, -0.25) is 0 Å². The fourth-order valence-electron chi connectivity index (χ4n) is 1.62. The van der Waals surface area contributed by atoms with Crippen molar-refractivity contribution in [2.45, 2.75) is 6.92 Å². The lowest BCUT2D eigenvalue weighted by molar-refractivity contribution is 0.311. The zero-order valence-electron chi connectivity index (χ0n) is 10.0. The van der Waals surface area contributed by atoms with Crippen LogP contribution in [-0.4, -0.2) is 28.5 Å². The van der Waals surface area contributed by atoms with Crippen LogP contribution in [0, 0.1) is 12.7 Å². The minimum absolute atomic E-state index is 0.0342. The van der Waals surface area contributed by atoms with Crippen LogP contribution in [0.1, 0.15) is 5.56 Å². The van der Waals surface area contributed by atoms with Gasteiger partial charge < -0.3 is 10.4 Å². The molecule has 0 aliphatic heterocycles. The Balaban J connectivity index is 2.25. The van der Waals surface area contributed by atoms with Crippen molar-refractivity contribution in [2.24, 2.45) is 0 Å². The number of rotatable bonds is 4. The van der Waals surface area contributed by atoms with E-state index in [2.05, 4.69) is 15.5 Å². The number of aliphatic hydroxyl groups is 1. The van der Waals surface area contributed by atoms with Crippen LogP contribution in [-0.2, 0) is 0 Å². The van der Waals surface area contributed by atoms with E-state index in [9.17, 15) is 4.39 Å². The molecule has 2 aromatic rings. The van der Waals surface area contributed by atoms with Crippen LogP contribution in [0.25, 0.3) is 11.3 Å². The fourth-order valence-corrected chi connectivity index (χ4v) is 1.62. The molecule has 2 N–H and O–H groups in total. The average molecular weight is 247 g/mol. The summed E-state index contributed by atoms with van der Waals surface area (Å²) >= 11 is 0. The predicted octanol–water partition coefficient (Wildman–Crippen LogP) is 2.00. The first kappa shape index (κ1) is 12.4. The van der Waals surface area contributed by atoms with Crippen molar-refractivity contribution in [1.82, 2.24) is 10.2 Å². The van der Waals surface area contributed by atoms with Crippen molar-refractivity contribution >= 4 is 5.82 Å². The average Bonchev–Trinajstić information content (AvgIpc) is 2.40. The molecule has 1 aromatic heterocycles. The summed E-state index contributed by atoms with van der Waals surface area (Å²) in [5.41, 5.74) is 2.31. The van der Waals surface area contributed by atoms with E-state index in [0.717, 1.165) is 11.1 Å². The standard InChI is InChI=1S/C13H14FN3O/c1-9-2-3-10(14)8-11(9)12-4-5-13(17-16-12)15-6-7-18/h2-5,8,18H,6-7H2,1H3,(H,15,17). The Labute approximate surface area is 105 Å². The van der Waals surface area contributed by atoms with Crippen LogP contribution in [0.5, 0.6) is 0 Å². The zero-order chi connectivity index (χ0) is 13.0. The molecule has 0 bridgehead atoms. The molecule has 94 valence electrons. The van der Waals surface area contributed by atoms with E-state index < -0.39 is 0 Å². The fraction of sp³-hybridized carbons (Fsp3) is 0.231. The summed E-state index contributed by atoms with van der Waals surface area (Å²) in [5, 5.41) is 19.6. The van der Waals surface area contributed by atoms with Gasteiger partial charge in [-0.1, -0.05) is 6.07 Å². The zero-order valence-corrected chi connectivity index (χ0v) is 10.0. The molecule has 4 nitrogen and oxygen atoms in total. The Bertz CT molecular complexity index is 528. The summed E-state index contributed by atoms with van der Waals surface area (Å²) in [5.74, 6) is 0.293. The van der Waals surface area contributed by atoms with E-state index >= 15 is 0 Å². The SMILES string of the molecule is Cc1ccc(F)cc1-c1ccc(NCCO)nn1. The Hall–Kier alpha value is -2.01. The van der Waals surface area contributed by atoms with E-state index in [1.54, 1.807) is 18.2 Å². The summed E-state index contributed by atoms with van der Waals surface area (Å²) in [6, 6.07) is 8.10. The van der Waals surface area contributed by atoms with E-state index in [4.69, 9.17) is 5.11 Å². The Morgan fingerprint density at radius 2 is 2.06 bits per heavy atom. The Kier molecular flexibility index (Phi) is 3.84. The van der Waals surface area contributed by atoms with E-state index in [-0.39, 0.29) is 12.4 Å². The van der Waals surface area contributed by atoms with Gasteiger partial charge >= 0.3 is 0 Å². The van der Waals surface area contributed by atoms with Crippen molar-refractivity contribution in [2.75, 3.05) is 18.5 Å². The van der Waals surface area contributed by atoms with Crippen LogP contribution < -0.4 is 5.32 Å². The van der Waals surface area contributed by atoms with E-state index in [0.29, 0.717) is 18.1 Å². The Morgan fingerprint density at radius 1 is 1.22 bits per heavy atom. The molecule has 0 aliphatic carbocycles. The third-order valence-electron chi connectivity index (χ3n) is 2.56. The monoisotopic (exact) mass is 247 g/mol. The summed E-state index contributed by atoms with van der Waals surface area (Å²) in [4.78, 5) is 0. The van der Waals surface area contributed by atoms with Crippen molar-refractivity contribution < 1.29 is 9.50 Å². The number of aryl methyl sites for hydroxylation is 1. The molecular formula is C13H14FN3O. The highest BCUT2D eigenvalue weighted by Gasteiger charge is 2.05. The number of anilines is 1. The first-order valence-corrected chi connectivity index (χ1v) is 5.65. The molecule has 1 heterocycles. The normalized spacial score (nSPS) is 10.4. The smallest absolute Gasteiger partial charge is 0.148 e. The molecular weight excluding hydrogens is 233 g/mol. The molecule has 0 spiro atoms. The highest BCUT2D eigenvalue weighted by molar-refractivity contribution is 5.63. The van der Waals surface area contributed by atoms with Gasteiger partial charge in [0.2, 0.25) is 0 Å². The van der Waals surface area contributed by atoms with Gasteiger partial charge in [-0.25, -0.2) is 4.39 Å². The quantitative estimate of drug-likeness (QED) is 0.867. The lowest BCUT2D eigenvalue weighted by atomic mass is 10.1. The lowest BCUT2D eigenvalue weighted by Gasteiger charge is -2.06. The second kappa shape index (κ2) is 5.55. The third-order valence-corrected chi connectivity index (χ3v) is 2.56. The molecule has 5 heteroatoms. The van der Waals surface area contributed by atoms with Crippen LogP contribution in [0.4, 0.5) is 10.2 Å². The van der Waals surface area contributed by atoms with Gasteiger partial charge in [-0.15, -0.1) is 10.2 Å². The van der Waals surface area contributed by atoms with Crippen LogP contribution in [0.2, 0.25) is 0 Å². The van der Waals surface area contributed by atoms with Crippen molar-refractivity contribution in [1.29, 1.82) is 0 Å². The first-order valence-electron chi connectivity index (χ1n) is 5.65. The minimum Gasteiger partial charge on any atom is -0.395 e. The van der Waals surface area contributed by atoms with Crippen LogP contribution in [0.15, 0.2) is 30.3 Å². The minimum atomic E-state index is -0.292. The highest BCUT2D eigenvalue weighted by atomic mass is 19.1. The van der Waals surface area contributed by atoms with Crippen molar-refractivity contribution in [3.05, 3.63) is 41.7 Å². The molecule has 0 atom stereocenters. The maximum absolute atomic E-state index is 13.2. The summed E-state index contributed by atoms with van der Waals surface area (Å²) in [6.45, 7) is 2.35. The van der Waals surface area contributed by atoms with Gasteiger partial charge in [-0.2, -0.15) is 0 Å². The van der Waals surface area contributed by atoms with Crippen molar-refractivity contribution in [3.63, 3.8) is 0 Å². The highest BCUT2D eigenvalue weighted by Crippen LogP contribution is 2.22. The van der Waals surface area contributed by atoms with Gasteiger partial charge in [0.15, 0.2) is 0 Å². The third kappa shape index (κ3) is 2.81. The number of aliphatic hydroxyl groups excluding tert-OH is 1. The Morgan fingerprint density at radius 3 is 2.72 bits per heavy atom. The number of hydrogen-bond donors (Lipinski definition) is 2. The number of halogens is 1. The van der Waals surface area contributed by atoms with E-state index in [1.807, 2.05) is 6.92 Å². The summed E-state index contributed by atoms with van der Waals surface area (Å²) < 4.78 is 13.2. The number of nitrogens with one attached hydrogen (secondary N) is 1. The molecule has 0 unspecified atom stereocenters. The van der Waals surface area contributed by atoms with Crippen LogP contribution >= 0.6 is 0 Å². The number of benzene rings is 1. The van der Waals surface area contributed by atoms with Gasteiger partial charge in [0.05, 0.1) is 12.3 Å². The largest absolute Gasteiger partial charge is 0.395 e. The second-order valence-corrected chi connectivity index (χ2v) is 3.91. The maximum atomic E-state index is 13.2. The van der Waals surface area contributed by atoms with Gasteiger partial charge in [0.25, 0.3) is 0 Å². The van der Waals surface area contributed by atoms with Gasteiger partial charge in [-0.05, 0) is 36.8 Å². The van der Waals surface area contributed by atoms with Gasteiger partial charge in [0, 0.05) is 12.1 Å². The second-order valence-electron chi connectivity index (χ2n) is 3.91. The molecule has 2 rings (SSSR count). The van der Waals surface area contributed by atoms with E-state index in [1.165, 1.54) is 12.1 Å². The molecule has 0 saturated heterocycles. The molecule has 0 fully saturated rings. The maximum Gasteiger partial charge on any atom is 0.148 e. The molecule has 0 saturated carbocycles. The first-order chi connectivity index (χ1) is 8.70. The summed E-state index contributed by atoms with van der Waals surface area (Å²) in [6.07, 6.45) is 0. The molecule has 0 amide bonds. The van der Waals surface area contributed by atoms with Crippen molar-refractivity contribution in [3.8, 4) is 11.3 Å². The number of nitrogens with zero attached hydrogens (tertiary/aromatic N) is 2. The molecule has 0 radical (unpaired) electrons. The lowest BCUT2D eigenvalue weighted by Crippen LogP contribution is -2.07. The predicted molar refractivity (Wildman–Crippen MR) is 67.7 cm³/mol. The topological polar surface area (TPSA) is 58.0 Å². The van der Waals surface area contributed by atoms with Gasteiger partial charge in [0.1, 0.15) is 11.6 Å². The number of aromatic nitrogens is 2. The summed E-state index contributed by atoms with van der Waals surface area (Å²) in [7, 11) is 0. The number of hydrogen-bond acceptors (Lipinski definition) is 4. The molecule has 1 aromatic carbocycles. The molecule has 18 heavy (non-hydrogen) atoms.